The zero-order chi connectivity index (χ0) is 17.8. The van der Waals surface area contributed by atoms with Crippen molar-refractivity contribution in [2.24, 2.45) is 0 Å². The fraction of sp³-hybridized carbons (Fsp3) is 0.263. The number of carbonyl (C=O) groups is 2. The average molecular weight is 342 g/mol. The van der Waals surface area contributed by atoms with E-state index in [1.54, 1.807) is 0 Å². The minimum Gasteiger partial charge on any atom is -0.509 e. The van der Waals surface area contributed by atoms with Crippen molar-refractivity contribution in [1.82, 2.24) is 0 Å². The number of aliphatic carboxylic acids is 1. The minimum atomic E-state index is -2.99. The van der Waals surface area contributed by atoms with Gasteiger partial charge < -0.3 is 9.53 Å². The summed E-state index contributed by atoms with van der Waals surface area (Å²) >= 11 is 0. The van der Waals surface area contributed by atoms with Gasteiger partial charge in [-0.05, 0) is 15.4 Å². The second kappa shape index (κ2) is 7.01. The molecule has 0 atom stereocenters. The summed E-state index contributed by atoms with van der Waals surface area (Å²) in [6.45, 7) is 6.10. The highest BCUT2D eigenvalue weighted by molar-refractivity contribution is 7.00. The normalized spacial score (nSPS) is 11.8. The molecular weight excluding hydrogens is 320 g/mol. The van der Waals surface area contributed by atoms with Crippen molar-refractivity contribution in [3.8, 4) is 0 Å². The summed E-state index contributed by atoms with van der Waals surface area (Å²) in [6.07, 6.45) is -0.634. The number of carboxylic acid groups (broad SMARTS) is 1. The van der Waals surface area contributed by atoms with Gasteiger partial charge in [0.2, 0.25) is 0 Å². The SMILES string of the molecule is CC(C)(C)[Si](OC(=O)CC(=O)O)(c1ccccc1)c1ccccc1. The molecule has 0 fully saturated rings. The van der Waals surface area contributed by atoms with Crippen LogP contribution in [0.2, 0.25) is 5.04 Å². The van der Waals surface area contributed by atoms with Gasteiger partial charge >= 0.3 is 20.3 Å². The largest absolute Gasteiger partial charge is 0.509 e. The van der Waals surface area contributed by atoms with Gasteiger partial charge in [0, 0.05) is 0 Å². The van der Waals surface area contributed by atoms with Crippen LogP contribution in [0.1, 0.15) is 27.2 Å². The van der Waals surface area contributed by atoms with E-state index in [9.17, 15) is 9.59 Å². The average Bonchev–Trinajstić information content (AvgIpc) is 2.52. The van der Waals surface area contributed by atoms with E-state index in [0.29, 0.717) is 0 Å². The van der Waals surface area contributed by atoms with Crippen molar-refractivity contribution in [2.45, 2.75) is 32.2 Å². The first-order valence-electron chi connectivity index (χ1n) is 7.82. The Kier molecular flexibility index (Phi) is 5.24. The molecule has 2 aromatic rings. The smallest absolute Gasteiger partial charge is 0.323 e. The molecule has 0 radical (unpaired) electrons. The molecule has 0 saturated heterocycles. The van der Waals surface area contributed by atoms with Crippen LogP contribution in [-0.2, 0) is 14.0 Å². The summed E-state index contributed by atoms with van der Waals surface area (Å²) < 4.78 is 6.00. The third-order valence-electron chi connectivity index (χ3n) is 3.98. The molecule has 24 heavy (non-hydrogen) atoms. The molecule has 0 spiro atoms. The fourth-order valence-corrected chi connectivity index (χ4v) is 7.32. The summed E-state index contributed by atoms with van der Waals surface area (Å²) in [5, 5.41) is 10.5. The predicted octanol–water partition coefficient (Wildman–Crippen LogP) is 2.56. The van der Waals surface area contributed by atoms with E-state index in [1.165, 1.54) is 0 Å². The van der Waals surface area contributed by atoms with Gasteiger partial charge in [-0.25, -0.2) is 0 Å². The Hall–Kier alpha value is -2.40. The lowest BCUT2D eigenvalue weighted by molar-refractivity contribution is -0.146. The van der Waals surface area contributed by atoms with Crippen LogP contribution in [-0.4, -0.2) is 25.4 Å². The molecule has 2 aromatic carbocycles. The molecule has 0 heterocycles. The topological polar surface area (TPSA) is 63.6 Å². The molecule has 0 aromatic heterocycles. The fourth-order valence-electron chi connectivity index (χ4n) is 2.98. The van der Waals surface area contributed by atoms with Gasteiger partial charge in [-0.2, -0.15) is 0 Å². The van der Waals surface area contributed by atoms with Gasteiger partial charge in [-0.15, -0.1) is 0 Å². The molecule has 5 heteroatoms. The van der Waals surface area contributed by atoms with Crippen molar-refractivity contribution in [3.05, 3.63) is 60.7 Å². The second-order valence-electron chi connectivity index (χ2n) is 6.71. The van der Waals surface area contributed by atoms with Gasteiger partial charge in [0.1, 0.15) is 6.42 Å². The minimum absolute atomic E-state index is 0.357. The van der Waals surface area contributed by atoms with Crippen molar-refractivity contribution in [1.29, 1.82) is 0 Å². The number of hydrogen-bond acceptors (Lipinski definition) is 3. The second-order valence-corrected chi connectivity index (χ2v) is 10.9. The highest BCUT2D eigenvalue weighted by atomic mass is 28.4. The maximum absolute atomic E-state index is 12.3. The van der Waals surface area contributed by atoms with E-state index in [4.69, 9.17) is 9.53 Å². The first-order valence-corrected chi connectivity index (χ1v) is 9.73. The van der Waals surface area contributed by atoms with Gasteiger partial charge in [-0.1, -0.05) is 81.4 Å². The third kappa shape index (κ3) is 3.57. The Bertz CT molecular complexity index is 666. The number of carboxylic acids is 1. The van der Waals surface area contributed by atoms with Crippen LogP contribution in [0.25, 0.3) is 0 Å². The first-order chi connectivity index (χ1) is 11.3. The molecule has 4 nitrogen and oxygen atoms in total. The first kappa shape index (κ1) is 17.9. The van der Waals surface area contributed by atoms with Crippen LogP contribution in [0.4, 0.5) is 0 Å². The Morgan fingerprint density at radius 3 is 1.67 bits per heavy atom. The van der Waals surface area contributed by atoms with Crippen LogP contribution >= 0.6 is 0 Å². The van der Waals surface area contributed by atoms with E-state index < -0.39 is 26.7 Å². The number of benzene rings is 2. The van der Waals surface area contributed by atoms with Crippen LogP contribution in [0.15, 0.2) is 60.7 Å². The highest BCUT2D eigenvalue weighted by Gasteiger charge is 2.53. The van der Waals surface area contributed by atoms with Gasteiger partial charge in [0.15, 0.2) is 0 Å². The van der Waals surface area contributed by atoms with Crippen molar-refractivity contribution in [2.75, 3.05) is 0 Å². The third-order valence-corrected chi connectivity index (χ3v) is 8.92. The van der Waals surface area contributed by atoms with Crippen LogP contribution in [0, 0.1) is 0 Å². The molecule has 0 amide bonds. The van der Waals surface area contributed by atoms with Crippen molar-refractivity contribution < 1.29 is 19.1 Å². The summed E-state index contributed by atoms with van der Waals surface area (Å²) in [6, 6.07) is 19.3. The molecule has 1 N–H and O–H groups in total. The number of hydrogen-bond donors (Lipinski definition) is 1. The number of carbonyl (C=O) groups excluding carboxylic acids is 1. The van der Waals surface area contributed by atoms with E-state index in [1.807, 2.05) is 81.4 Å². The zero-order valence-corrected chi connectivity index (χ0v) is 15.2. The molecule has 0 aliphatic rings. The monoisotopic (exact) mass is 342 g/mol. The van der Waals surface area contributed by atoms with E-state index in [0.717, 1.165) is 10.4 Å². The predicted molar refractivity (Wildman–Crippen MR) is 96.0 cm³/mol. The quantitative estimate of drug-likeness (QED) is 0.670. The lowest BCUT2D eigenvalue weighted by atomic mass is 10.2. The summed E-state index contributed by atoms with van der Waals surface area (Å²) in [5.41, 5.74) is 0. The Morgan fingerprint density at radius 2 is 1.33 bits per heavy atom. The molecule has 0 aliphatic carbocycles. The lowest BCUT2D eigenvalue weighted by Gasteiger charge is -2.42. The van der Waals surface area contributed by atoms with Crippen molar-refractivity contribution in [3.63, 3.8) is 0 Å². The number of rotatable bonds is 5. The molecular formula is C19H22O4Si. The molecule has 126 valence electrons. The van der Waals surface area contributed by atoms with Gasteiger partial charge in [-0.3, -0.25) is 9.59 Å². The zero-order valence-electron chi connectivity index (χ0n) is 14.2. The van der Waals surface area contributed by atoms with Crippen LogP contribution in [0.3, 0.4) is 0 Å². The maximum Gasteiger partial charge on any atom is 0.323 e. The molecule has 0 saturated carbocycles. The van der Waals surface area contributed by atoms with Crippen molar-refractivity contribution >= 4 is 30.6 Å². The van der Waals surface area contributed by atoms with E-state index >= 15 is 0 Å². The van der Waals surface area contributed by atoms with E-state index in [-0.39, 0.29) is 5.04 Å². The standard InChI is InChI=1S/C19H22O4Si/c1-19(2,3)24(15-10-6-4-7-11-15,16-12-8-5-9-13-16)23-18(22)14-17(20)21/h4-13H,14H2,1-3H3,(H,20,21). The highest BCUT2D eigenvalue weighted by Crippen LogP contribution is 2.36. The molecule has 0 bridgehead atoms. The summed E-state index contributed by atoms with van der Waals surface area (Å²) in [7, 11) is -2.99. The summed E-state index contributed by atoms with van der Waals surface area (Å²) in [4.78, 5) is 23.2. The molecule has 0 unspecified atom stereocenters. The van der Waals surface area contributed by atoms with Crippen LogP contribution < -0.4 is 10.4 Å². The van der Waals surface area contributed by atoms with Crippen LogP contribution in [0.5, 0.6) is 0 Å². The lowest BCUT2D eigenvalue weighted by Crippen LogP contribution is -2.67. The Labute approximate surface area is 143 Å². The van der Waals surface area contributed by atoms with E-state index in [2.05, 4.69) is 0 Å². The van der Waals surface area contributed by atoms with Gasteiger partial charge in [0.05, 0.1) is 0 Å². The van der Waals surface area contributed by atoms with Gasteiger partial charge in [0.25, 0.3) is 0 Å². The Morgan fingerprint density at radius 1 is 0.917 bits per heavy atom. The molecule has 2 rings (SSSR count). The summed E-state index contributed by atoms with van der Waals surface area (Å²) in [5.74, 6) is -1.88. The molecule has 0 aliphatic heterocycles. The maximum atomic E-state index is 12.3. The Balaban J connectivity index is 2.66.